The first-order chi connectivity index (χ1) is 10.0. The van der Waals surface area contributed by atoms with Crippen molar-refractivity contribution in [3.8, 4) is 16.9 Å². The first-order valence-corrected chi connectivity index (χ1v) is 7.18. The number of carbonyl (C=O) groups is 1. The fraction of sp³-hybridized carbons (Fsp3) is 0.375. The highest BCUT2D eigenvalue weighted by Crippen LogP contribution is 2.39. The number of anilines is 1. The minimum atomic E-state index is -0.146. The molecule has 0 saturated carbocycles. The molecule has 1 aliphatic heterocycles. The Morgan fingerprint density at radius 2 is 2.24 bits per heavy atom. The van der Waals surface area contributed by atoms with Crippen LogP contribution in [0.4, 0.5) is 5.69 Å². The standard InChI is InChI=1S/C16H19N3O2/c1-10(2)19-9-12(8-17-19)13-5-4-6-14-16(13)21-11(3)7-15(20)18-14/h4-6,8-11H,7H2,1-3H3,(H,18,20)/t11-/m1/s1. The van der Waals surface area contributed by atoms with Gasteiger partial charge in [-0.25, -0.2) is 0 Å². The molecule has 21 heavy (non-hydrogen) atoms. The maximum Gasteiger partial charge on any atom is 0.228 e. The number of nitrogens with one attached hydrogen (secondary N) is 1. The Balaban J connectivity index is 2.07. The van der Waals surface area contributed by atoms with E-state index in [9.17, 15) is 4.79 Å². The zero-order valence-corrected chi connectivity index (χ0v) is 12.5. The molecule has 1 aliphatic rings. The van der Waals surface area contributed by atoms with Gasteiger partial charge in [0, 0.05) is 23.4 Å². The molecule has 2 heterocycles. The highest BCUT2D eigenvalue weighted by Gasteiger charge is 2.22. The molecule has 110 valence electrons. The summed E-state index contributed by atoms with van der Waals surface area (Å²) in [5.41, 5.74) is 2.66. The third-order valence-electron chi connectivity index (χ3n) is 3.52. The topological polar surface area (TPSA) is 56.1 Å². The van der Waals surface area contributed by atoms with E-state index in [1.54, 1.807) is 0 Å². The first kappa shape index (κ1) is 13.7. The summed E-state index contributed by atoms with van der Waals surface area (Å²) >= 11 is 0. The zero-order chi connectivity index (χ0) is 15.0. The summed E-state index contributed by atoms with van der Waals surface area (Å²) in [7, 11) is 0. The van der Waals surface area contributed by atoms with E-state index in [2.05, 4.69) is 24.3 Å². The SMILES string of the molecule is CC(C)n1cc(-c2cccc3c2O[C@H](C)CC(=O)N3)cn1. The highest BCUT2D eigenvalue weighted by molar-refractivity contribution is 5.95. The monoisotopic (exact) mass is 285 g/mol. The number of amides is 1. The molecule has 0 aliphatic carbocycles. The maximum absolute atomic E-state index is 11.8. The second-order valence-corrected chi connectivity index (χ2v) is 5.67. The van der Waals surface area contributed by atoms with Gasteiger partial charge >= 0.3 is 0 Å². The van der Waals surface area contributed by atoms with E-state index >= 15 is 0 Å². The fourth-order valence-electron chi connectivity index (χ4n) is 2.45. The van der Waals surface area contributed by atoms with Gasteiger partial charge in [-0.15, -0.1) is 0 Å². The quantitative estimate of drug-likeness (QED) is 0.921. The van der Waals surface area contributed by atoms with Gasteiger partial charge in [-0.2, -0.15) is 5.10 Å². The number of para-hydroxylation sites is 1. The molecule has 0 spiro atoms. The average Bonchev–Trinajstić information content (AvgIpc) is 2.84. The number of hydrogen-bond acceptors (Lipinski definition) is 3. The van der Waals surface area contributed by atoms with Gasteiger partial charge in [0.1, 0.15) is 6.10 Å². The summed E-state index contributed by atoms with van der Waals surface area (Å²) in [6.45, 7) is 6.07. The third-order valence-corrected chi connectivity index (χ3v) is 3.52. The predicted molar refractivity (Wildman–Crippen MR) is 81.4 cm³/mol. The third kappa shape index (κ3) is 2.63. The normalized spacial score (nSPS) is 17.9. The second kappa shape index (κ2) is 5.24. The summed E-state index contributed by atoms with van der Waals surface area (Å²) in [5, 5.41) is 7.27. The van der Waals surface area contributed by atoms with Crippen molar-refractivity contribution >= 4 is 11.6 Å². The van der Waals surface area contributed by atoms with Gasteiger partial charge in [0.05, 0.1) is 18.3 Å². The molecule has 5 nitrogen and oxygen atoms in total. The molecule has 0 saturated heterocycles. The Hall–Kier alpha value is -2.30. The number of aromatic nitrogens is 2. The van der Waals surface area contributed by atoms with Crippen molar-refractivity contribution in [1.29, 1.82) is 0 Å². The molecule has 0 radical (unpaired) electrons. The Morgan fingerprint density at radius 1 is 1.43 bits per heavy atom. The van der Waals surface area contributed by atoms with Crippen LogP contribution in [0.25, 0.3) is 11.1 Å². The van der Waals surface area contributed by atoms with Crippen molar-refractivity contribution in [2.45, 2.75) is 39.3 Å². The second-order valence-electron chi connectivity index (χ2n) is 5.67. The Kier molecular flexibility index (Phi) is 3.41. The van der Waals surface area contributed by atoms with Gasteiger partial charge < -0.3 is 10.1 Å². The van der Waals surface area contributed by atoms with Crippen molar-refractivity contribution in [2.75, 3.05) is 5.32 Å². The number of rotatable bonds is 2. The Morgan fingerprint density at radius 3 is 2.95 bits per heavy atom. The number of fused-ring (bicyclic) bond motifs is 1. The van der Waals surface area contributed by atoms with Gasteiger partial charge in [-0.1, -0.05) is 12.1 Å². The van der Waals surface area contributed by atoms with Crippen LogP contribution in [0.2, 0.25) is 0 Å². The molecule has 5 heteroatoms. The van der Waals surface area contributed by atoms with Gasteiger partial charge in [0.2, 0.25) is 5.91 Å². The lowest BCUT2D eigenvalue weighted by Gasteiger charge is -2.15. The Labute approximate surface area is 123 Å². The summed E-state index contributed by atoms with van der Waals surface area (Å²) in [5.74, 6) is 0.704. The van der Waals surface area contributed by atoms with E-state index in [0.717, 1.165) is 22.6 Å². The molecule has 1 amide bonds. The molecule has 0 unspecified atom stereocenters. The van der Waals surface area contributed by atoms with Crippen LogP contribution < -0.4 is 10.1 Å². The van der Waals surface area contributed by atoms with Crippen LogP contribution in [0.1, 0.15) is 33.2 Å². The minimum absolute atomic E-state index is 0.0173. The lowest BCUT2D eigenvalue weighted by atomic mass is 10.1. The predicted octanol–water partition coefficient (Wildman–Crippen LogP) is 3.24. The van der Waals surface area contributed by atoms with Crippen LogP contribution in [0, 0.1) is 0 Å². The summed E-state index contributed by atoms with van der Waals surface area (Å²) in [4.78, 5) is 11.8. The van der Waals surface area contributed by atoms with Crippen molar-refractivity contribution in [2.24, 2.45) is 0 Å². The highest BCUT2D eigenvalue weighted by atomic mass is 16.5. The van der Waals surface area contributed by atoms with E-state index in [-0.39, 0.29) is 12.0 Å². The molecule has 3 rings (SSSR count). The smallest absolute Gasteiger partial charge is 0.228 e. The average molecular weight is 285 g/mol. The van der Waals surface area contributed by atoms with E-state index < -0.39 is 0 Å². The molecular weight excluding hydrogens is 266 g/mol. The minimum Gasteiger partial charge on any atom is -0.487 e. The van der Waals surface area contributed by atoms with E-state index in [0.29, 0.717) is 12.5 Å². The summed E-state index contributed by atoms with van der Waals surface area (Å²) in [6.07, 6.45) is 4.05. The number of nitrogens with zero attached hydrogens (tertiary/aromatic N) is 2. The van der Waals surface area contributed by atoms with Crippen LogP contribution in [0.3, 0.4) is 0 Å². The molecule has 1 aromatic heterocycles. The number of ether oxygens (including phenoxy) is 1. The molecule has 0 fully saturated rings. The summed E-state index contributed by atoms with van der Waals surface area (Å²) < 4.78 is 7.87. The maximum atomic E-state index is 11.8. The van der Waals surface area contributed by atoms with Crippen molar-refractivity contribution in [1.82, 2.24) is 9.78 Å². The van der Waals surface area contributed by atoms with Crippen molar-refractivity contribution in [3.63, 3.8) is 0 Å². The van der Waals surface area contributed by atoms with Crippen LogP contribution in [-0.2, 0) is 4.79 Å². The molecule has 1 N–H and O–H groups in total. The van der Waals surface area contributed by atoms with Gasteiger partial charge in [-0.3, -0.25) is 9.48 Å². The van der Waals surface area contributed by atoms with Crippen molar-refractivity contribution in [3.05, 3.63) is 30.6 Å². The zero-order valence-electron chi connectivity index (χ0n) is 12.5. The number of carbonyl (C=O) groups excluding carboxylic acids is 1. The van der Waals surface area contributed by atoms with Crippen LogP contribution in [0.15, 0.2) is 30.6 Å². The molecule has 1 atom stereocenters. The van der Waals surface area contributed by atoms with Gasteiger partial charge in [0.25, 0.3) is 0 Å². The molecule has 1 aromatic carbocycles. The van der Waals surface area contributed by atoms with Gasteiger partial charge in [0.15, 0.2) is 5.75 Å². The van der Waals surface area contributed by atoms with Crippen molar-refractivity contribution < 1.29 is 9.53 Å². The van der Waals surface area contributed by atoms with E-state index in [4.69, 9.17) is 4.74 Å². The Bertz CT molecular complexity index is 676. The van der Waals surface area contributed by atoms with Crippen LogP contribution in [-0.4, -0.2) is 21.8 Å². The molecular formula is C16H19N3O2. The lowest BCUT2D eigenvalue weighted by molar-refractivity contribution is -0.117. The summed E-state index contributed by atoms with van der Waals surface area (Å²) in [6, 6.07) is 6.08. The van der Waals surface area contributed by atoms with Crippen LogP contribution in [0.5, 0.6) is 5.75 Å². The van der Waals surface area contributed by atoms with E-state index in [1.807, 2.05) is 42.2 Å². The largest absolute Gasteiger partial charge is 0.487 e. The van der Waals surface area contributed by atoms with E-state index in [1.165, 1.54) is 0 Å². The van der Waals surface area contributed by atoms with Crippen LogP contribution >= 0.6 is 0 Å². The number of hydrogen-bond donors (Lipinski definition) is 1. The first-order valence-electron chi connectivity index (χ1n) is 7.18. The van der Waals surface area contributed by atoms with Gasteiger partial charge in [-0.05, 0) is 26.8 Å². The fourth-order valence-corrected chi connectivity index (χ4v) is 2.45. The molecule has 0 bridgehead atoms. The lowest BCUT2D eigenvalue weighted by Crippen LogP contribution is -2.17. The number of benzene rings is 1. The molecule has 2 aromatic rings.